The fourth-order valence-corrected chi connectivity index (χ4v) is 2.47. The average Bonchev–Trinajstić information content (AvgIpc) is 3.32. The summed E-state index contributed by atoms with van der Waals surface area (Å²) in [6.45, 7) is 4.13. The predicted molar refractivity (Wildman–Crippen MR) is 80.2 cm³/mol. The number of hydrogen-bond acceptors (Lipinski definition) is 4. The van der Waals surface area contributed by atoms with Gasteiger partial charge < -0.3 is 5.32 Å². The molecule has 112 valence electrons. The Hall–Kier alpha value is -1.93. The smallest absolute Gasteiger partial charge is 0.235 e. The molecular weight excluding hydrogens is 264 g/mol. The SMILES string of the molecule is C[C@H](c1ccncc1)N(C)CC(=O)N[C@](C)(C#N)C1CC1. The van der Waals surface area contributed by atoms with Crippen LogP contribution in [0, 0.1) is 17.2 Å². The highest BCUT2D eigenvalue weighted by Gasteiger charge is 2.43. The molecule has 1 saturated carbocycles. The summed E-state index contributed by atoms with van der Waals surface area (Å²) >= 11 is 0. The van der Waals surface area contributed by atoms with Gasteiger partial charge in [-0.1, -0.05) is 0 Å². The zero-order chi connectivity index (χ0) is 15.5. The van der Waals surface area contributed by atoms with E-state index in [0.717, 1.165) is 18.4 Å². The van der Waals surface area contributed by atoms with Crippen molar-refractivity contribution in [2.75, 3.05) is 13.6 Å². The zero-order valence-electron chi connectivity index (χ0n) is 12.8. The van der Waals surface area contributed by atoms with E-state index in [1.165, 1.54) is 0 Å². The van der Waals surface area contributed by atoms with Crippen LogP contribution in [0.3, 0.4) is 0 Å². The van der Waals surface area contributed by atoms with E-state index in [4.69, 9.17) is 0 Å². The molecule has 1 amide bonds. The molecule has 5 nitrogen and oxygen atoms in total. The second-order valence-corrected chi connectivity index (χ2v) is 6.01. The number of carbonyl (C=O) groups is 1. The largest absolute Gasteiger partial charge is 0.337 e. The lowest BCUT2D eigenvalue weighted by molar-refractivity contribution is -0.123. The Balaban J connectivity index is 1.92. The maximum Gasteiger partial charge on any atom is 0.235 e. The van der Waals surface area contributed by atoms with Gasteiger partial charge in [-0.25, -0.2) is 0 Å². The van der Waals surface area contributed by atoms with Gasteiger partial charge in [0.25, 0.3) is 0 Å². The van der Waals surface area contributed by atoms with Gasteiger partial charge in [-0.2, -0.15) is 5.26 Å². The number of nitriles is 1. The maximum atomic E-state index is 12.2. The molecule has 1 aliphatic carbocycles. The molecule has 1 aliphatic rings. The lowest BCUT2D eigenvalue weighted by atomic mass is 9.98. The van der Waals surface area contributed by atoms with E-state index < -0.39 is 5.54 Å². The summed E-state index contributed by atoms with van der Waals surface area (Å²) in [5.74, 6) is 0.198. The second kappa shape index (κ2) is 6.23. The highest BCUT2D eigenvalue weighted by molar-refractivity contribution is 5.79. The molecule has 0 radical (unpaired) electrons. The topological polar surface area (TPSA) is 69.0 Å². The fourth-order valence-electron chi connectivity index (χ4n) is 2.47. The molecule has 0 aliphatic heterocycles. The van der Waals surface area contributed by atoms with Crippen molar-refractivity contribution in [1.82, 2.24) is 15.2 Å². The quantitative estimate of drug-likeness (QED) is 0.867. The highest BCUT2D eigenvalue weighted by Crippen LogP contribution is 2.39. The van der Waals surface area contributed by atoms with Crippen LogP contribution in [0.1, 0.15) is 38.3 Å². The van der Waals surface area contributed by atoms with Gasteiger partial charge in [0.1, 0.15) is 5.54 Å². The molecule has 0 saturated heterocycles. The summed E-state index contributed by atoms with van der Waals surface area (Å²) < 4.78 is 0. The summed E-state index contributed by atoms with van der Waals surface area (Å²) in [5, 5.41) is 12.2. The molecular formula is C16H22N4O. The molecule has 0 unspecified atom stereocenters. The van der Waals surface area contributed by atoms with Crippen LogP contribution in [-0.4, -0.2) is 34.9 Å². The van der Waals surface area contributed by atoms with Gasteiger partial charge >= 0.3 is 0 Å². The Morgan fingerprint density at radius 3 is 2.71 bits per heavy atom. The number of amides is 1. The lowest BCUT2D eigenvalue weighted by Gasteiger charge is -2.27. The minimum Gasteiger partial charge on any atom is -0.337 e. The summed E-state index contributed by atoms with van der Waals surface area (Å²) in [5.41, 5.74) is 0.392. The van der Waals surface area contributed by atoms with Crippen LogP contribution in [0.4, 0.5) is 0 Å². The van der Waals surface area contributed by atoms with Crippen molar-refractivity contribution in [3.8, 4) is 6.07 Å². The standard InChI is InChI=1S/C16H22N4O/c1-12(13-6-8-18-9-7-13)20(3)10-15(21)19-16(2,11-17)14-4-5-14/h6-9,12,14H,4-5,10H2,1-3H3,(H,19,21)/t12-,16-/m1/s1. The third-order valence-corrected chi connectivity index (χ3v) is 4.27. The molecule has 0 aromatic carbocycles. The number of nitrogens with zero attached hydrogens (tertiary/aromatic N) is 3. The Bertz CT molecular complexity index is 535. The molecule has 5 heteroatoms. The van der Waals surface area contributed by atoms with Crippen molar-refractivity contribution in [3.63, 3.8) is 0 Å². The van der Waals surface area contributed by atoms with Crippen LogP contribution in [0.15, 0.2) is 24.5 Å². The first kappa shape index (κ1) is 15.5. The van der Waals surface area contributed by atoms with Crippen molar-refractivity contribution in [2.45, 2.75) is 38.3 Å². The molecule has 1 heterocycles. The molecule has 1 N–H and O–H groups in total. The predicted octanol–water partition coefficient (Wildman–Crippen LogP) is 1.88. The van der Waals surface area contributed by atoms with Crippen LogP contribution in [-0.2, 0) is 4.79 Å². The van der Waals surface area contributed by atoms with Crippen molar-refractivity contribution < 1.29 is 4.79 Å². The van der Waals surface area contributed by atoms with E-state index in [1.54, 1.807) is 12.4 Å². The van der Waals surface area contributed by atoms with E-state index in [2.05, 4.69) is 16.4 Å². The Kier molecular flexibility index (Phi) is 4.59. The fraction of sp³-hybridized carbons (Fsp3) is 0.562. The van der Waals surface area contributed by atoms with Crippen LogP contribution < -0.4 is 5.32 Å². The van der Waals surface area contributed by atoms with Gasteiger partial charge in [0.05, 0.1) is 12.6 Å². The Morgan fingerprint density at radius 2 is 2.19 bits per heavy atom. The third kappa shape index (κ3) is 3.79. The van der Waals surface area contributed by atoms with Crippen LogP contribution >= 0.6 is 0 Å². The lowest BCUT2D eigenvalue weighted by Crippen LogP contribution is -2.50. The van der Waals surface area contributed by atoms with Crippen LogP contribution in [0.2, 0.25) is 0 Å². The molecule has 0 bridgehead atoms. The van der Waals surface area contributed by atoms with Crippen LogP contribution in [0.25, 0.3) is 0 Å². The van der Waals surface area contributed by atoms with Crippen molar-refractivity contribution in [2.24, 2.45) is 5.92 Å². The maximum absolute atomic E-state index is 12.2. The molecule has 2 rings (SSSR count). The molecule has 1 aromatic rings. The van der Waals surface area contributed by atoms with E-state index in [1.807, 2.05) is 37.9 Å². The van der Waals surface area contributed by atoms with Gasteiger partial charge in [0.15, 0.2) is 0 Å². The van der Waals surface area contributed by atoms with E-state index in [-0.39, 0.29) is 18.5 Å². The summed E-state index contributed by atoms with van der Waals surface area (Å²) in [7, 11) is 1.91. The molecule has 21 heavy (non-hydrogen) atoms. The number of rotatable bonds is 6. The number of pyridine rings is 1. The number of nitrogens with one attached hydrogen (secondary N) is 1. The number of aromatic nitrogens is 1. The minimum absolute atomic E-state index is 0.102. The van der Waals surface area contributed by atoms with E-state index in [0.29, 0.717) is 5.92 Å². The number of carbonyl (C=O) groups excluding carboxylic acids is 1. The summed E-state index contributed by atoms with van der Waals surface area (Å²) in [6.07, 6.45) is 5.54. The van der Waals surface area contributed by atoms with Crippen molar-refractivity contribution in [1.29, 1.82) is 5.26 Å². The van der Waals surface area contributed by atoms with E-state index >= 15 is 0 Å². The molecule has 0 spiro atoms. The number of hydrogen-bond donors (Lipinski definition) is 1. The first-order valence-electron chi connectivity index (χ1n) is 7.28. The first-order valence-corrected chi connectivity index (χ1v) is 7.28. The average molecular weight is 286 g/mol. The van der Waals surface area contributed by atoms with Crippen LogP contribution in [0.5, 0.6) is 0 Å². The summed E-state index contributed by atoms with van der Waals surface area (Å²) in [6, 6.07) is 6.26. The normalized spacial score (nSPS) is 18.6. The zero-order valence-corrected chi connectivity index (χ0v) is 12.8. The number of likely N-dealkylation sites (N-methyl/N-ethyl adjacent to an activating group) is 1. The first-order chi connectivity index (χ1) is 9.96. The second-order valence-electron chi connectivity index (χ2n) is 6.01. The monoisotopic (exact) mass is 286 g/mol. The van der Waals surface area contributed by atoms with Gasteiger partial charge in [0.2, 0.25) is 5.91 Å². The van der Waals surface area contributed by atoms with Gasteiger partial charge in [-0.15, -0.1) is 0 Å². The van der Waals surface area contributed by atoms with Crippen molar-refractivity contribution in [3.05, 3.63) is 30.1 Å². The molecule has 2 atom stereocenters. The Labute approximate surface area is 126 Å². The van der Waals surface area contributed by atoms with Gasteiger partial charge in [-0.05, 0) is 57.4 Å². The molecule has 1 fully saturated rings. The van der Waals surface area contributed by atoms with E-state index in [9.17, 15) is 10.1 Å². The highest BCUT2D eigenvalue weighted by atomic mass is 16.2. The molecule has 1 aromatic heterocycles. The third-order valence-electron chi connectivity index (χ3n) is 4.27. The van der Waals surface area contributed by atoms with Gasteiger partial charge in [0, 0.05) is 18.4 Å². The van der Waals surface area contributed by atoms with Gasteiger partial charge in [-0.3, -0.25) is 14.7 Å². The summed E-state index contributed by atoms with van der Waals surface area (Å²) in [4.78, 5) is 18.1. The Morgan fingerprint density at radius 1 is 1.57 bits per heavy atom. The minimum atomic E-state index is -0.724. The van der Waals surface area contributed by atoms with Crippen molar-refractivity contribution >= 4 is 5.91 Å².